The smallest absolute Gasteiger partial charge is 0.255 e. The van der Waals surface area contributed by atoms with Crippen LogP contribution in [0.5, 0.6) is 0 Å². The second kappa shape index (κ2) is 7.51. The minimum atomic E-state index is -0.526. The van der Waals surface area contributed by atoms with Crippen molar-refractivity contribution < 1.29 is 14.6 Å². The summed E-state index contributed by atoms with van der Waals surface area (Å²) in [7, 11) is 0. The van der Waals surface area contributed by atoms with Gasteiger partial charge in [0.2, 0.25) is 0 Å². The number of nitrogens with zero attached hydrogens (tertiary/aromatic N) is 2. The summed E-state index contributed by atoms with van der Waals surface area (Å²) in [5.41, 5.74) is 9.50. The van der Waals surface area contributed by atoms with Gasteiger partial charge in [-0.1, -0.05) is 24.3 Å². The molecular formula is C28H34N4O3. The number of ether oxygens (including phenoxy) is 1. The minimum absolute atomic E-state index is 0.161. The Hall–Kier alpha value is -2.48. The normalized spacial score (nSPS) is 36.0. The summed E-state index contributed by atoms with van der Waals surface area (Å²) in [5, 5.41) is 13.8. The molecule has 3 heterocycles. The van der Waals surface area contributed by atoms with Crippen molar-refractivity contribution in [1.29, 1.82) is 0 Å². The lowest BCUT2D eigenvalue weighted by Crippen LogP contribution is -2.58. The molecular weight excluding hydrogens is 440 g/mol. The molecule has 0 spiro atoms. The van der Waals surface area contributed by atoms with Gasteiger partial charge in [-0.3, -0.25) is 9.69 Å². The quantitative estimate of drug-likeness (QED) is 0.616. The first kappa shape index (κ1) is 21.8. The van der Waals surface area contributed by atoms with Crippen LogP contribution in [0, 0.1) is 5.92 Å². The van der Waals surface area contributed by atoms with E-state index in [2.05, 4.69) is 39.5 Å². The van der Waals surface area contributed by atoms with Gasteiger partial charge in [0.05, 0.1) is 30.4 Å². The number of rotatable bonds is 5. The number of carbonyl (C=O) groups is 1. The number of nitrogen functional groups attached to an aromatic ring is 1. The molecule has 2 atom stereocenters. The van der Waals surface area contributed by atoms with Gasteiger partial charge < -0.3 is 20.9 Å². The molecule has 2 aromatic rings. The fourth-order valence-corrected chi connectivity index (χ4v) is 7.15. The van der Waals surface area contributed by atoms with Crippen LogP contribution >= 0.6 is 0 Å². The summed E-state index contributed by atoms with van der Waals surface area (Å²) in [6.45, 7) is 4.09. The van der Waals surface area contributed by atoms with E-state index in [0.717, 1.165) is 75.3 Å². The molecule has 4 saturated carbocycles. The molecule has 2 bridgehead atoms. The predicted octanol–water partition coefficient (Wildman–Crippen LogP) is 2.87. The number of pyridine rings is 1. The fraction of sp³-hybridized carbons (Fsp3) is 0.571. The highest BCUT2D eigenvalue weighted by molar-refractivity contribution is 5.99. The Bertz CT molecular complexity index is 1150. The zero-order valence-electron chi connectivity index (χ0n) is 20.1. The number of aliphatic hydroxyl groups is 1. The maximum Gasteiger partial charge on any atom is 0.255 e. The average molecular weight is 475 g/mol. The summed E-state index contributed by atoms with van der Waals surface area (Å²) in [4.78, 5) is 20.2. The lowest BCUT2D eigenvalue weighted by atomic mass is 9.63. The Morgan fingerprint density at radius 1 is 1.09 bits per heavy atom. The van der Waals surface area contributed by atoms with Crippen LogP contribution in [0.2, 0.25) is 0 Å². The zero-order chi connectivity index (χ0) is 23.8. The highest BCUT2D eigenvalue weighted by Gasteiger charge is 2.61. The van der Waals surface area contributed by atoms with Crippen molar-refractivity contribution in [2.75, 3.05) is 32.0 Å². The van der Waals surface area contributed by atoms with Crippen molar-refractivity contribution in [3.8, 4) is 11.1 Å². The molecule has 1 amide bonds. The summed E-state index contributed by atoms with van der Waals surface area (Å²) in [6, 6.07) is 11.3. The number of fused-ring (bicyclic) bond motifs is 4. The maximum absolute atomic E-state index is 13.3. The maximum atomic E-state index is 13.3. The molecule has 8 rings (SSSR count). The summed E-state index contributed by atoms with van der Waals surface area (Å²) in [5.74, 6) is 0.858. The number of nitrogens with two attached hydrogens (primary N) is 1. The Balaban J connectivity index is 1.08. The van der Waals surface area contributed by atoms with Crippen molar-refractivity contribution in [3.63, 3.8) is 0 Å². The van der Waals surface area contributed by atoms with Gasteiger partial charge in [-0.25, -0.2) is 4.98 Å². The number of likely N-dealkylation sites (tertiary alicyclic amines) is 1. The summed E-state index contributed by atoms with van der Waals surface area (Å²) >= 11 is 0. The molecule has 35 heavy (non-hydrogen) atoms. The van der Waals surface area contributed by atoms with Crippen LogP contribution in [0.4, 0.5) is 5.82 Å². The average Bonchev–Trinajstić information content (AvgIpc) is 3.40. The van der Waals surface area contributed by atoms with E-state index in [1.165, 1.54) is 18.5 Å². The second-order valence-electron chi connectivity index (χ2n) is 11.9. The molecule has 1 aromatic carbocycles. The SMILES string of the molecule is Nc1ncc(-c2ccc([C@@]34C[C@@H]3CN(C3COC3)C4)cc2)cc1C(=O)NC12CCC(O)(CC1)CC2. The molecule has 4 aliphatic carbocycles. The lowest BCUT2D eigenvalue weighted by Gasteiger charge is -2.51. The third kappa shape index (κ3) is 3.51. The number of aromatic nitrogens is 1. The van der Waals surface area contributed by atoms with Crippen molar-refractivity contribution in [2.24, 2.45) is 5.92 Å². The zero-order valence-corrected chi connectivity index (χ0v) is 20.1. The van der Waals surface area contributed by atoms with Crippen molar-refractivity contribution >= 4 is 11.7 Å². The van der Waals surface area contributed by atoms with Crippen LogP contribution in [0.1, 0.15) is 60.9 Å². The largest absolute Gasteiger partial charge is 0.390 e. The number of benzene rings is 1. The number of carbonyl (C=O) groups excluding carboxylic acids is 1. The van der Waals surface area contributed by atoms with Crippen LogP contribution < -0.4 is 11.1 Å². The van der Waals surface area contributed by atoms with Crippen LogP contribution in [0.3, 0.4) is 0 Å². The van der Waals surface area contributed by atoms with E-state index in [9.17, 15) is 9.90 Å². The standard InChI is InChI=1S/C28H34N4O3/c29-24-23(25(33)31-26-5-8-27(34,9-6-26)10-7-26)11-19(13-30-24)18-1-3-20(4-2-18)28-12-21(28)14-32(17-28)22-15-35-16-22/h1-4,11,13,21-22,34H,5-10,12,14-17H2,(H2,29,30)(H,31,33)/t21-,26?,27?,28+/m1/s1. The first-order chi connectivity index (χ1) is 16.9. The lowest BCUT2D eigenvalue weighted by molar-refractivity contribution is -0.0702. The molecule has 6 fully saturated rings. The number of piperidine rings is 1. The fourth-order valence-electron chi connectivity index (χ4n) is 7.15. The van der Waals surface area contributed by atoms with Gasteiger partial charge in [0.1, 0.15) is 5.82 Å². The first-order valence-electron chi connectivity index (χ1n) is 13.1. The molecule has 0 radical (unpaired) electrons. The number of hydrogen-bond acceptors (Lipinski definition) is 6. The third-order valence-electron chi connectivity index (χ3n) is 9.85. The van der Waals surface area contributed by atoms with E-state index in [0.29, 0.717) is 17.0 Å². The number of hydrogen-bond donors (Lipinski definition) is 3. The van der Waals surface area contributed by atoms with E-state index in [1.807, 2.05) is 6.07 Å². The second-order valence-corrected chi connectivity index (χ2v) is 11.9. The van der Waals surface area contributed by atoms with E-state index in [1.54, 1.807) is 6.20 Å². The monoisotopic (exact) mass is 474 g/mol. The molecule has 184 valence electrons. The highest BCUT2D eigenvalue weighted by Crippen LogP contribution is 2.59. The van der Waals surface area contributed by atoms with E-state index in [-0.39, 0.29) is 17.3 Å². The molecule has 7 heteroatoms. The summed E-state index contributed by atoms with van der Waals surface area (Å²) in [6.07, 6.45) is 7.75. The molecule has 0 unspecified atom stereocenters. The number of anilines is 1. The van der Waals surface area contributed by atoms with E-state index >= 15 is 0 Å². The van der Waals surface area contributed by atoms with Gasteiger partial charge in [0.25, 0.3) is 5.91 Å². The van der Waals surface area contributed by atoms with Crippen molar-refractivity contribution in [2.45, 2.75) is 67.5 Å². The molecule has 7 nitrogen and oxygen atoms in total. The Kier molecular flexibility index (Phi) is 4.67. The van der Waals surface area contributed by atoms with Crippen LogP contribution in [0.15, 0.2) is 36.5 Å². The Labute approximate surface area is 206 Å². The van der Waals surface area contributed by atoms with Crippen LogP contribution in [-0.4, -0.2) is 64.4 Å². The third-order valence-corrected chi connectivity index (χ3v) is 9.85. The van der Waals surface area contributed by atoms with Crippen molar-refractivity contribution in [3.05, 3.63) is 47.7 Å². The van der Waals surface area contributed by atoms with Crippen molar-refractivity contribution in [1.82, 2.24) is 15.2 Å². The van der Waals surface area contributed by atoms with Gasteiger partial charge in [0.15, 0.2) is 0 Å². The highest BCUT2D eigenvalue weighted by atomic mass is 16.5. The predicted molar refractivity (Wildman–Crippen MR) is 133 cm³/mol. The van der Waals surface area contributed by atoms with E-state index < -0.39 is 5.60 Å². The van der Waals surface area contributed by atoms with E-state index in [4.69, 9.17) is 10.5 Å². The van der Waals surface area contributed by atoms with Crippen LogP contribution in [-0.2, 0) is 10.2 Å². The molecule has 6 aliphatic rings. The number of nitrogens with one attached hydrogen (secondary N) is 1. The Morgan fingerprint density at radius 3 is 2.46 bits per heavy atom. The molecule has 2 saturated heterocycles. The molecule has 1 aromatic heterocycles. The van der Waals surface area contributed by atoms with Gasteiger partial charge in [-0.15, -0.1) is 0 Å². The van der Waals surface area contributed by atoms with Crippen LogP contribution in [0.25, 0.3) is 11.1 Å². The van der Waals surface area contributed by atoms with Gasteiger partial charge in [0, 0.05) is 35.8 Å². The molecule has 4 N–H and O–H groups in total. The number of amides is 1. The Morgan fingerprint density at radius 2 is 1.80 bits per heavy atom. The summed E-state index contributed by atoms with van der Waals surface area (Å²) < 4.78 is 5.40. The van der Waals surface area contributed by atoms with Gasteiger partial charge in [-0.05, 0) is 68.1 Å². The topological polar surface area (TPSA) is 101 Å². The first-order valence-corrected chi connectivity index (χ1v) is 13.1. The van der Waals surface area contributed by atoms with Gasteiger partial charge >= 0.3 is 0 Å². The minimum Gasteiger partial charge on any atom is -0.390 e. The molecule has 2 aliphatic heterocycles. The van der Waals surface area contributed by atoms with Gasteiger partial charge in [-0.2, -0.15) is 0 Å².